The molecular formula is C10H6BrNOS2. The highest BCUT2D eigenvalue weighted by atomic mass is 79.9. The number of hydrogen-bond donors (Lipinski definition) is 1. The molecule has 5 heteroatoms. The Bertz CT molecular complexity index is 453. The summed E-state index contributed by atoms with van der Waals surface area (Å²) in [5, 5.41) is 2.58. The molecule has 0 unspecified atom stereocenters. The van der Waals surface area contributed by atoms with Crippen LogP contribution >= 0.6 is 39.9 Å². The number of carbonyl (C=O) groups is 1. The van der Waals surface area contributed by atoms with E-state index in [1.165, 1.54) is 11.8 Å². The van der Waals surface area contributed by atoms with Crippen LogP contribution in [0.4, 0.5) is 0 Å². The molecule has 15 heavy (non-hydrogen) atoms. The lowest BCUT2D eigenvalue weighted by Gasteiger charge is -1.95. The first kappa shape index (κ1) is 10.9. The van der Waals surface area contributed by atoms with Crippen molar-refractivity contribution in [1.29, 1.82) is 0 Å². The fraction of sp³-hybridized carbons (Fsp3) is 0. The lowest BCUT2D eigenvalue weighted by molar-refractivity contribution is -0.115. The summed E-state index contributed by atoms with van der Waals surface area (Å²) in [7, 11) is 0. The third kappa shape index (κ3) is 2.68. The van der Waals surface area contributed by atoms with Crippen LogP contribution in [0.3, 0.4) is 0 Å². The van der Waals surface area contributed by atoms with Gasteiger partial charge >= 0.3 is 0 Å². The normalized spacial score (nSPS) is 18.3. The number of thiocarbonyl (C=S) groups is 1. The van der Waals surface area contributed by atoms with Gasteiger partial charge in [0.2, 0.25) is 0 Å². The van der Waals surface area contributed by atoms with Gasteiger partial charge in [-0.25, -0.2) is 0 Å². The van der Waals surface area contributed by atoms with Crippen molar-refractivity contribution in [3.63, 3.8) is 0 Å². The Morgan fingerprint density at radius 1 is 1.33 bits per heavy atom. The van der Waals surface area contributed by atoms with Crippen LogP contribution in [0, 0.1) is 0 Å². The van der Waals surface area contributed by atoms with Crippen molar-refractivity contribution in [2.75, 3.05) is 0 Å². The minimum Gasteiger partial charge on any atom is -0.307 e. The minimum absolute atomic E-state index is 0.118. The second-order valence-corrected chi connectivity index (χ2v) is 5.54. The molecule has 2 nitrogen and oxygen atoms in total. The molecule has 0 aromatic heterocycles. The van der Waals surface area contributed by atoms with Gasteiger partial charge in [0.05, 0.1) is 4.91 Å². The summed E-state index contributed by atoms with van der Waals surface area (Å²) in [6.45, 7) is 0. The van der Waals surface area contributed by atoms with E-state index in [1.54, 1.807) is 0 Å². The van der Waals surface area contributed by atoms with Gasteiger partial charge in [0, 0.05) is 4.47 Å². The number of hydrogen-bond acceptors (Lipinski definition) is 3. The van der Waals surface area contributed by atoms with Crippen LogP contribution in [0.15, 0.2) is 33.6 Å². The number of thioether (sulfide) groups is 1. The predicted octanol–water partition coefficient (Wildman–Crippen LogP) is 2.94. The Kier molecular flexibility index (Phi) is 3.23. The summed E-state index contributed by atoms with van der Waals surface area (Å²) in [4.78, 5) is 12.0. The smallest absolute Gasteiger partial charge is 0.263 e. The van der Waals surface area contributed by atoms with Gasteiger partial charge in [-0.05, 0) is 23.8 Å². The number of rotatable bonds is 1. The van der Waals surface area contributed by atoms with E-state index in [1.807, 2.05) is 30.3 Å². The zero-order chi connectivity index (χ0) is 10.8. The summed E-state index contributed by atoms with van der Waals surface area (Å²) in [5.74, 6) is -0.118. The average Bonchev–Trinajstić information content (AvgIpc) is 2.49. The van der Waals surface area contributed by atoms with Crippen molar-refractivity contribution < 1.29 is 4.79 Å². The van der Waals surface area contributed by atoms with Crippen molar-refractivity contribution in [1.82, 2.24) is 5.32 Å². The Balaban J connectivity index is 2.27. The van der Waals surface area contributed by atoms with Gasteiger partial charge < -0.3 is 5.32 Å². The standard InChI is InChI=1S/C10H6BrNOS2/c11-7-3-1-6(2-4-7)5-8-9(13)12-10(14)15-8/h1-5H,(H,12,13,14)/b8-5-. The van der Waals surface area contributed by atoms with Crippen molar-refractivity contribution in [2.45, 2.75) is 0 Å². The van der Waals surface area contributed by atoms with Crippen LogP contribution in [0.25, 0.3) is 6.08 Å². The van der Waals surface area contributed by atoms with Crippen molar-refractivity contribution in [3.8, 4) is 0 Å². The second-order valence-electron chi connectivity index (χ2n) is 2.90. The van der Waals surface area contributed by atoms with E-state index in [9.17, 15) is 4.79 Å². The molecule has 0 bridgehead atoms. The van der Waals surface area contributed by atoms with Gasteiger partial charge in [-0.1, -0.05) is 52.0 Å². The van der Waals surface area contributed by atoms with E-state index in [-0.39, 0.29) is 5.91 Å². The van der Waals surface area contributed by atoms with Crippen LogP contribution in [-0.2, 0) is 4.79 Å². The number of nitrogens with one attached hydrogen (secondary N) is 1. The van der Waals surface area contributed by atoms with Crippen molar-refractivity contribution >= 4 is 56.2 Å². The third-order valence-corrected chi connectivity index (χ3v) is 3.50. The number of benzene rings is 1. The summed E-state index contributed by atoms with van der Waals surface area (Å²) >= 11 is 9.54. The number of amides is 1. The highest BCUT2D eigenvalue weighted by Crippen LogP contribution is 2.26. The third-order valence-electron chi connectivity index (χ3n) is 1.81. The van der Waals surface area contributed by atoms with E-state index in [0.29, 0.717) is 9.23 Å². The molecule has 2 rings (SSSR count). The fourth-order valence-corrected chi connectivity index (χ4v) is 2.44. The molecule has 1 saturated heterocycles. The maximum absolute atomic E-state index is 11.4. The Morgan fingerprint density at radius 2 is 2.00 bits per heavy atom. The Morgan fingerprint density at radius 3 is 2.53 bits per heavy atom. The summed E-state index contributed by atoms with van der Waals surface area (Å²) in [5.41, 5.74) is 0.987. The van der Waals surface area contributed by atoms with Gasteiger partial charge in [0.1, 0.15) is 4.32 Å². The van der Waals surface area contributed by atoms with Gasteiger partial charge in [-0.3, -0.25) is 4.79 Å². The number of halogens is 1. The topological polar surface area (TPSA) is 29.1 Å². The zero-order valence-electron chi connectivity index (χ0n) is 7.49. The predicted molar refractivity (Wildman–Crippen MR) is 70.5 cm³/mol. The lowest BCUT2D eigenvalue weighted by atomic mass is 10.2. The van der Waals surface area contributed by atoms with Crippen molar-refractivity contribution in [2.24, 2.45) is 0 Å². The van der Waals surface area contributed by atoms with E-state index in [4.69, 9.17) is 12.2 Å². The molecule has 1 aromatic rings. The van der Waals surface area contributed by atoms with Gasteiger partial charge in [-0.2, -0.15) is 0 Å². The average molecular weight is 300 g/mol. The largest absolute Gasteiger partial charge is 0.307 e. The zero-order valence-corrected chi connectivity index (χ0v) is 10.7. The molecule has 76 valence electrons. The molecule has 1 aromatic carbocycles. The van der Waals surface area contributed by atoms with Crippen LogP contribution in [0.5, 0.6) is 0 Å². The maximum atomic E-state index is 11.4. The first-order valence-corrected chi connectivity index (χ1v) is 6.17. The summed E-state index contributed by atoms with van der Waals surface area (Å²) in [6.07, 6.45) is 1.83. The molecule has 1 fully saturated rings. The first-order chi connectivity index (χ1) is 7.15. The highest BCUT2D eigenvalue weighted by Gasteiger charge is 2.21. The summed E-state index contributed by atoms with van der Waals surface area (Å²) < 4.78 is 1.53. The second kappa shape index (κ2) is 4.47. The molecule has 0 radical (unpaired) electrons. The van der Waals surface area contributed by atoms with Crippen LogP contribution in [0.2, 0.25) is 0 Å². The highest BCUT2D eigenvalue weighted by molar-refractivity contribution is 9.10. The molecule has 1 aliphatic rings. The molecule has 1 amide bonds. The molecular weight excluding hydrogens is 294 g/mol. The molecule has 0 spiro atoms. The monoisotopic (exact) mass is 299 g/mol. The van der Waals surface area contributed by atoms with E-state index < -0.39 is 0 Å². The molecule has 0 aliphatic carbocycles. The molecule has 0 atom stereocenters. The molecule has 1 aliphatic heterocycles. The summed E-state index contributed by atoms with van der Waals surface area (Å²) in [6, 6.07) is 7.74. The lowest BCUT2D eigenvalue weighted by Crippen LogP contribution is -2.17. The van der Waals surface area contributed by atoms with Gasteiger partial charge in [0.25, 0.3) is 5.91 Å². The fourth-order valence-electron chi connectivity index (χ4n) is 1.13. The van der Waals surface area contributed by atoms with Crippen LogP contribution in [-0.4, -0.2) is 10.2 Å². The SMILES string of the molecule is O=C1NC(=S)S/C1=C\c1ccc(Br)cc1. The maximum Gasteiger partial charge on any atom is 0.263 e. The molecule has 1 N–H and O–H groups in total. The Hall–Kier alpha value is -0.650. The van der Waals surface area contributed by atoms with Crippen molar-refractivity contribution in [3.05, 3.63) is 39.2 Å². The van der Waals surface area contributed by atoms with Gasteiger partial charge in [0.15, 0.2) is 0 Å². The molecule has 1 heterocycles. The van der Waals surface area contributed by atoms with E-state index >= 15 is 0 Å². The van der Waals surface area contributed by atoms with Crippen LogP contribution < -0.4 is 5.32 Å². The minimum atomic E-state index is -0.118. The first-order valence-electron chi connectivity index (χ1n) is 4.15. The van der Waals surface area contributed by atoms with E-state index in [2.05, 4.69) is 21.2 Å². The number of carbonyl (C=O) groups excluding carboxylic acids is 1. The van der Waals surface area contributed by atoms with Crippen LogP contribution in [0.1, 0.15) is 5.56 Å². The quantitative estimate of drug-likeness (QED) is 0.638. The Labute approximate surface area is 105 Å². The van der Waals surface area contributed by atoms with Gasteiger partial charge in [-0.15, -0.1) is 0 Å². The molecule has 0 saturated carbocycles. The van der Waals surface area contributed by atoms with E-state index in [0.717, 1.165) is 10.0 Å².